The van der Waals surface area contributed by atoms with Gasteiger partial charge >= 0.3 is 6.01 Å². The second-order valence-corrected chi connectivity index (χ2v) is 4.60. The predicted molar refractivity (Wildman–Crippen MR) is 84.6 cm³/mol. The molecule has 0 bridgehead atoms. The molecule has 2 aromatic rings. The van der Waals surface area contributed by atoms with E-state index in [1.165, 1.54) is 0 Å². The van der Waals surface area contributed by atoms with Crippen molar-refractivity contribution >= 4 is 23.6 Å². The van der Waals surface area contributed by atoms with Crippen LogP contribution in [0.3, 0.4) is 0 Å². The summed E-state index contributed by atoms with van der Waals surface area (Å²) in [4.78, 5) is 12.1. The van der Waals surface area contributed by atoms with E-state index < -0.39 is 0 Å². The smallest absolute Gasteiger partial charge is 0.322 e. The number of halogens is 1. The van der Waals surface area contributed by atoms with Crippen molar-refractivity contribution in [2.75, 3.05) is 18.5 Å². The standard InChI is InChI=1S/C15H17ClN4O/c1-2-10-17-14-18-13(16)19-15(20-14)21-11-6-9-12-7-4-3-5-8-12/h3-9H,2,10-11H2,1H3,(H,17,18,19,20)/b9-6+. The molecule has 0 spiro atoms. The Morgan fingerprint density at radius 3 is 2.76 bits per heavy atom. The first-order valence-electron chi connectivity index (χ1n) is 6.78. The Balaban J connectivity index is 1.90. The average Bonchev–Trinajstić information content (AvgIpc) is 2.50. The lowest BCUT2D eigenvalue weighted by molar-refractivity contribution is 0.333. The summed E-state index contributed by atoms with van der Waals surface area (Å²) in [6.07, 6.45) is 4.84. The molecule has 1 heterocycles. The van der Waals surface area contributed by atoms with E-state index in [0.717, 1.165) is 18.5 Å². The first-order valence-corrected chi connectivity index (χ1v) is 7.15. The predicted octanol–water partition coefficient (Wildman–Crippen LogP) is 3.44. The van der Waals surface area contributed by atoms with E-state index in [4.69, 9.17) is 16.3 Å². The Bertz CT molecular complexity index is 589. The van der Waals surface area contributed by atoms with Crippen LogP contribution < -0.4 is 10.1 Å². The fourth-order valence-corrected chi connectivity index (χ4v) is 1.74. The van der Waals surface area contributed by atoms with Gasteiger partial charge in [-0.3, -0.25) is 0 Å². The van der Waals surface area contributed by atoms with Crippen molar-refractivity contribution in [2.45, 2.75) is 13.3 Å². The minimum atomic E-state index is 0.116. The first kappa shape index (κ1) is 15.3. The number of hydrogen-bond acceptors (Lipinski definition) is 5. The first-order chi connectivity index (χ1) is 10.3. The summed E-state index contributed by atoms with van der Waals surface area (Å²) in [5, 5.41) is 3.16. The molecule has 0 amide bonds. The van der Waals surface area contributed by atoms with Crippen molar-refractivity contribution < 1.29 is 4.74 Å². The number of aromatic nitrogens is 3. The van der Waals surface area contributed by atoms with E-state index in [-0.39, 0.29) is 11.3 Å². The lowest BCUT2D eigenvalue weighted by atomic mass is 10.2. The van der Waals surface area contributed by atoms with Crippen LogP contribution in [0.5, 0.6) is 6.01 Å². The van der Waals surface area contributed by atoms with Crippen LogP contribution in [0.15, 0.2) is 36.4 Å². The maximum Gasteiger partial charge on any atom is 0.322 e. The molecular formula is C15H17ClN4O. The molecule has 0 saturated heterocycles. The van der Waals surface area contributed by atoms with Crippen LogP contribution in [-0.4, -0.2) is 28.1 Å². The van der Waals surface area contributed by atoms with Gasteiger partial charge in [-0.1, -0.05) is 43.3 Å². The summed E-state index contributed by atoms with van der Waals surface area (Å²) in [6, 6.07) is 10.2. The van der Waals surface area contributed by atoms with Gasteiger partial charge in [-0.15, -0.1) is 0 Å². The van der Waals surface area contributed by atoms with E-state index >= 15 is 0 Å². The quantitative estimate of drug-likeness (QED) is 0.849. The molecule has 0 unspecified atom stereocenters. The van der Waals surface area contributed by atoms with Crippen LogP contribution in [-0.2, 0) is 0 Å². The molecular weight excluding hydrogens is 288 g/mol. The topological polar surface area (TPSA) is 59.9 Å². The zero-order chi connectivity index (χ0) is 14.9. The van der Waals surface area contributed by atoms with E-state index in [1.54, 1.807) is 0 Å². The summed E-state index contributed by atoms with van der Waals surface area (Å²) in [5.74, 6) is 0.430. The maximum atomic E-state index is 5.84. The van der Waals surface area contributed by atoms with Crippen molar-refractivity contribution in [1.82, 2.24) is 15.0 Å². The maximum absolute atomic E-state index is 5.84. The van der Waals surface area contributed by atoms with Gasteiger partial charge in [-0.05, 0) is 29.7 Å². The number of ether oxygens (including phenoxy) is 1. The van der Waals surface area contributed by atoms with E-state index in [1.807, 2.05) is 42.5 Å². The Hall–Kier alpha value is -2.14. The molecule has 1 aromatic carbocycles. The third-order valence-corrected chi connectivity index (χ3v) is 2.71. The van der Waals surface area contributed by atoms with Gasteiger partial charge in [0.2, 0.25) is 11.2 Å². The summed E-state index contributed by atoms with van der Waals surface area (Å²) >= 11 is 5.84. The number of nitrogens with zero attached hydrogens (tertiary/aromatic N) is 3. The second-order valence-electron chi connectivity index (χ2n) is 4.26. The Morgan fingerprint density at radius 2 is 2.00 bits per heavy atom. The van der Waals surface area contributed by atoms with Crippen molar-refractivity contribution in [3.8, 4) is 6.01 Å². The van der Waals surface area contributed by atoms with E-state index in [2.05, 4.69) is 27.2 Å². The zero-order valence-electron chi connectivity index (χ0n) is 11.8. The molecule has 0 atom stereocenters. The molecule has 110 valence electrons. The monoisotopic (exact) mass is 304 g/mol. The van der Waals surface area contributed by atoms with E-state index in [0.29, 0.717) is 12.6 Å². The van der Waals surface area contributed by atoms with Crippen molar-refractivity contribution in [3.05, 3.63) is 47.3 Å². The highest BCUT2D eigenvalue weighted by molar-refractivity contribution is 6.28. The van der Waals surface area contributed by atoms with Crippen molar-refractivity contribution in [3.63, 3.8) is 0 Å². The molecule has 0 aliphatic heterocycles. The second kappa shape index (κ2) is 8.21. The molecule has 1 aromatic heterocycles. The number of rotatable bonds is 7. The minimum Gasteiger partial charge on any atom is -0.459 e. The van der Waals surface area contributed by atoms with Crippen LogP contribution in [0.2, 0.25) is 5.28 Å². The molecule has 0 aliphatic carbocycles. The lowest BCUT2D eigenvalue weighted by Gasteiger charge is -2.05. The highest BCUT2D eigenvalue weighted by Gasteiger charge is 2.04. The molecule has 21 heavy (non-hydrogen) atoms. The number of benzene rings is 1. The van der Waals surface area contributed by atoms with Crippen LogP contribution >= 0.6 is 11.6 Å². The van der Waals surface area contributed by atoms with Gasteiger partial charge < -0.3 is 10.1 Å². The summed E-state index contributed by atoms with van der Waals surface area (Å²) in [7, 11) is 0. The molecule has 0 fully saturated rings. The molecule has 0 radical (unpaired) electrons. The summed E-state index contributed by atoms with van der Waals surface area (Å²) in [6.45, 7) is 3.19. The molecule has 0 saturated carbocycles. The van der Waals surface area contributed by atoms with E-state index in [9.17, 15) is 0 Å². The fourth-order valence-electron chi connectivity index (χ4n) is 1.58. The lowest BCUT2D eigenvalue weighted by Crippen LogP contribution is -2.07. The highest BCUT2D eigenvalue weighted by atomic mass is 35.5. The zero-order valence-corrected chi connectivity index (χ0v) is 12.5. The SMILES string of the molecule is CCCNc1nc(Cl)nc(OC/C=C/c2ccccc2)n1. The third-order valence-electron chi connectivity index (χ3n) is 2.54. The van der Waals surface area contributed by atoms with Gasteiger partial charge in [0.1, 0.15) is 6.61 Å². The van der Waals surface area contributed by atoms with Gasteiger partial charge in [0.25, 0.3) is 0 Å². The van der Waals surface area contributed by atoms with Crippen LogP contribution in [0, 0.1) is 0 Å². The van der Waals surface area contributed by atoms with Crippen molar-refractivity contribution in [1.29, 1.82) is 0 Å². The summed E-state index contributed by atoms with van der Waals surface area (Å²) in [5.41, 5.74) is 1.11. The molecule has 5 nitrogen and oxygen atoms in total. The van der Waals surface area contributed by atoms with Gasteiger partial charge in [0.15, 0.2) is 0 Å². The van der Waals surface area contributed by atoms with Gasteiger partial charge in [0.05, 0.1) is 0 Å². The normalized spacial score (nSPS) is 10.8. The van der Waals surface area contributed by atoms with Gasteiger partial charge in [-0.2, -0.15) is 15.0 Å². The molecule has 6 heteroatoms. The molecule has 1 N–H and O–H groups in total. The Kier molecular flexibility index (Phi) is 5.97. The van der Waals surface area contributed by atoms with Gasteiger partial charge in [-0.25, -0.2) is 0 Å². The highest BCUT2D eigenvalue weighted by Crippen LogP contribution is 2.11. The third kappa shape index (κ3) is 5.39. The number of hydrogen-bond donors (Lipinski definition) is 1. The Labute approximate surface area is 129 Å². The molecule has 2 rings (SSSR count). The van der Waals surface area contributed by atoms with Crippen LogP contribution in [0.1, 0.15) is 18.9 Å². The van der Waals surface area contributed by atoms with Crippen LogP contribution in [0.4, 0.5) is 5.95 Å². The minimum absolute atomic E-state index is 0.116. The van der Waals surface area contributed by atoms with Crippen LogP contribution in [0.25, 0.3) is 6.08 Å². The average molecular weight is 305 g/mol. The molecule has 0 aliphatic rings. The summed E-state index contributed by atoms with van der Waals surface area (Å²) < 4.78 is 5.46. The number of anilines is 1. The fraction of sp³-hybridized carbons (Fsp3) is 0.267. The van der Waals surface area contributed by atoms with Gasteiger partial charge in [0, 0.05) is 6.54 Å². The number of nitrogens with one attached hydrogen (secondary N) is 1. The largest absolute Gasteiger partial charge is 0.459 e. The van der Waals surface area contributed by atoms with Crippen molar-refractivity contribution in [2.24, 2.45) is 0 Å². The Morgan fingerprint density at radius 1 is 1.19 bits per heavy atom.